The van der Waals surface area contributed by atoms with E-state index >= 15 is 0 Å². The number of rotatable bonds is 3. The van der Waals surface area contributed by atoms with E-state index in [-0.39, 0.29) is 10.0 Å². The van der Waals surface area contributed by atoms with Crippen LogP contribution in [0.15, 0.2) is 11.2 Å². The van der Waals surface area contributed by atoms with Gasteiger partial charge in [-0.1, -0.05) is 30.9 Å². The van der Waals surface area contributed by atoms with E-state index in [9.17, 15) is 13.5 Å². The normalized spacial score (nSPS) is 25.2. The second kappa shape index (κ2) is 5.78. The standard InChI is InChI=1S/C11H18ClN3O3S/c1-15-11(8(12)7-13-15)19(17,18)14-9-5-3-2-4-6-10(9)16/h7,9-10,14,16H,2-6H2,1H3. The molecule has 1 heterocycles. The first-order valence-electron chi connectivity index (χ1n) is 6.29. The van der Waals surface area contributed by atoms with E-state index in [0.717, 1.165) is 19.3 Å². The van der Waals surface area contributed by atoms with Gasteiger partial charge in [0.05, 0.1) is 17.3 Å². The molecule has 0 amide bonds. The lowest BCUT2D eigenvalue weighted by molar-refractivity contribution is 0.130. The molecular formula is C11H18ClN3O3S. The Morgan fingerprint density at radius 2 is 2.11 bits per heavy atom. The van der Waals surface area contributed by atoms with E-state index in [0.29, 0.717) is 12.8 Å². The smallest absolute Gasteiger partial charge is 0.259 e. The summed E-state index contributed by atoms with van der Waals surface area (Å²) in [7, 11) is -2.25. The maximum Gasteiger partial charge on any atom is 0.259 e. The number of hydrogen-bond acceptors (Lipinski definition) is 4. The van der Waals surface area contributed by atoms with Crippen LogP contribution in [-0.2, 0) is 17.1 Å². The van der Waals surface area contributed by atoms with Crippen molar-refractivity contribution in [2.45, 2.75) is 49.3 Å². The largest absolute Gasteiger partial charge is 0.391 e. The molecule has 2 atom stereocenters. The van der Waals surface area contributed by atoms with Crippen molar-refractivity contribution >= 4 is 21.6 Å². The maximum absolute atomic E-state index is 12.3. The summed E-state index contributed by atoms with van der Waals surface area (Å²) in [6.07, 6.45) is 4.74. The number of hydrogen-bond donors (Lipinski definition) is 2. The number of aromatic nitrogens is 2. The van der Waals surface area contributed by atoms with Crippen molar-refractivity contribution < 1.29 is 13.5 Å². The van der Waals surface area contributed by atoms with Crippen LogP contribution in [0.3, 0.4) is 0 Å². The van der Waals surface area contributed by atoms with Gasteiger partial charge < -0.3 is 5.11 Å². The molecule has 0 spiro atoms. The summed E-state index contributed by atoms with van der Waals surface area (Å²) >= 11 is 5.85. The van der Waals surface area contributed by atoms with Gasteiger partial charge in [-0.15, -0.1) is 0 Å². The van der Waals surface area contributed by atoms with Crippen molar-refractivity contribution in [2.75, 3.05) is 0 Å². The van der Waals surface area contributed by atoms with Crippen LogP contribution in [0.4, 0.5) is 0 Å². The third-order valence-electron chi connectivity index (χ3n) is 3.38. The summed E-state index contributed by atoms with van der Waals surface area (Å²) in [6.45, 7) is 0. The second-order valence-electron chi connectivity index (χ2n) is 4.85. The Hall–Kier alpha value is -0.630. The quantitative estimate of drug-likeness (QED) is 0.817. The molecule has 2 unspecified atom stereocenters. The first-order chi connectivity index (χ1) is 8.92. The fourth-order valence-electron chi connectivity index (χ4n) is 2.38. The van der Waals surface area contributed by atoms with Crippen LogP contribution >= 0.6 is 11.6 Å². The second-order valence-corrected chi connectivity index (χ2v) is 6.89. The van der Waals surface area contributed by atoms with E-state index in [2.05, 4.69) is 9.82 Å². The molecule has 0 saturated heterocycles. The highest BCUT2D eigenvalue weighted by Gasteiger charge is 2.30. The molecule has 1 aliphatic carbocycles. The van der Waals surface area contributed by atoms with E-state index in [1.165, 1.54) is 17.9 Å². The van der Waals surface area contributed by atoms with Gasteiger partial charge in [-0.25, -0.2) is 13.1 Å². The molecule has 8 heteroatoms. The van der Waals surface area contributed by atoms with Gasteiger partial charge in [-0.2, -0.15) is 5.10 Å². The molecule has 1 aromatic rings. The van der Waals surface area contributed by atoms with Gasteiger partial charge in [0.1, 0.15) is 0 Å². The lowest BCUT2D eigenvalue weighted by Gasteiger charge is -2.21. The molecule has 1 aliphatic rings. The van der Waals surface area contributed by atoms with Crippen molar-refractivity contribution in [3.05, 3.63) is 11.2 Å². The molecular weight excluding hydrogens is 290 g/mol. The number of aliphatic hydroxyl groups excluding tert-OH is 1. The Morgan fingerprint density at radius 3 is 2.74 bits per heavy atom. The Bertz CT molecular complexity index is 524. The fourth-order valence-corrected chi connectivity index (χ4v) is 4.34. The van der Waals surface area contributed by atoms with Crippen molar-refractivity contribution in [3.8, 4) is 0 Å². The van der Waals surface area contributed by atoms with Crippen LogP contribution < -0.4 is 4.72 Å². The van der Waals surface area contributed by atoms with E-state index < -0.39 is 22.2 Å². The molecule has 0 radical (unpaired) electrons. The first kappa shape index (κ1) is 14.8. The number of aryl methyl sites for hydroxylation is 1. The van der Waals surface area contributed by atoms with Crippen LogP contribution in [0.5, 0.6) is 0 Å². The fraction of sp³-hybridized carbons (Fsp3) is 0.727. The number of halogens is 1. The van der Waals surface area contributed by atoms with Gasteiger partial charge in [0.25, 0.3) is 10.0 Å². The third-order valence-corrected chi connectivity index (χ3v) is 5.38. The van der Waals surface area contributed by atoms with Crippen LogP contribution in [-0.4, -0.2) is 35.5 Å². The SMILES string of the molecule is Cn1ncc(Cl)c1S(=O)(=O)NC1CCCCCC1O. The van der Waals surface area contributed by atoms with Crippen molar-refractivity contribution in [2.24, 2.45) is 7.05 Å². The zero-order valence-electron chi connectivity index (χ0n) is 10.7. The minimum atomic E-state index is -3.77. The predicted octanol–water partition coefficient (Wildman–Crippen LogP) is 1.05. The summed E-state index contributed by atoms with van der Waals surface area (Å²) in [5.74, 6) is 0. The highest BCUT2D eigenvalue weighted by Crippen LogP contribution is 2.23. The minimum Gasteiger partial charge on any atom is -0.391 e. The Kier molecular flexibility index (Phi) is 4.50. The van der Waals surface area contributed by atoms with Gasteiger partial charge in [0.2, 0.25) is 0 Å². The molecule has 2 N–H and O–H groups in total. The molecule has 1 aromatic heterocycles. The van der Waals surface area contributed by atoms with Gasteiger partial charge in [-0.3, -0.25) is 4.68 Å². The lowest BCUT2D eigenvalue weighted by atomic mass is 10.1. The highest BCUT2D eigenvalue weighted by molar-refractivity contribution is 7.89. The van der Waals surface area contributed by atoms with Crippen LogP contribution in [0.2, 0.25) is 5.02 Å². The lowest BCUT2D eigenvalue weighted by Crippen LogP contribution is -2.43. The topological polar surface area (TPSA) is 84.2 Å². The first-order valence-corrected chi connectivity index (χ1v) is 8.16. The molecule has 2 rings (SSSR count). The van der Waals surface area contributed by atoms with E-state index in [1.54, 1.807) is 0 Å². The maximum atomic E-state index is 12.3. The van der Waals surface area contributed by atoms with Gasteiger partial charge >= 0.3 is 0 Å². The number of nitrogens with one attached hydrogen (secondary N) is 1. The summed E-state index contributed by atoms with van der Waals surface area (Å²) in [4.78, 5) is 0. The molecule has 0 aromatic carbocycles. The molecule has 1 saturated carbocycles. The minimum absolute atomic E-state index is 0.0642. The third kappa shape index (κ3) is 3.28. The number of nitrogens with zero attached hydrogens (tertiary/aromatic N) is 2. The summed E-state index contributed by atoms with van der Waals surface area (Å²) in [6, 6.07) is -0.460. The zero-order chi connectivity index (χ0) is 14.0. The van der Waals surface area contributed by atoms with Crippen molar-refractivity contribution in [3.63, 3.8) is 0 Å². The molecule has 0 aliphatic heterocycles. The number of aliphatic hydroxyl groups is 1. The predicted molar refractivity (Wildman–Crippen MR) is 71.4 cm³/mol. The Labute approximate surface area is 117 Å². The molecule has 19 heavy (non-hydrogen) atoms. The van der Waals surface area contributed by atoms with Crippen LogP contribution in [0.1, 0.15) is 32.1 Å². The van der Waals surface area contributed by atoms with E-state index in [1.807, 2.05) is 0 Å². The molecule has 6 nitrogen and oxygen atoms in total. The average Bonchev–Trinajstić information content (AvgIpc) is 2.54. The monoisotopic (exact) mass is 307 g/mol. The highest BCUT2D eigenvalue weighted by atomic mass is 35.5. The molecule has 1 fully saturated rings. The van der Waals surface area contributed by atoms with Crippen molar-refractivity contribution in [1.82, 2.24) is 14.5 Å². The van der Waals surface area contributed by atoms with Crippen LogP contribution in [0.25, 0.3) is 0 Å². The zero-order valence-corrected chi connectivity index (χ0v) is 12.3. The van der Waals surface area contributed by atoms with Gasteiger partial charge in [0, 0.05) is 13.1 Å². The van der Waals surface area contributed by atoms with Crippen LogP contribution in [0, 0.1) is 0 Å². The molecule has 108 valence electrons. The van der Waals surface area contributed by atoms with Gasteiger partial charge in [-0.05, 0) is 12.8 Å². The average molecular weight is 308 g/mol. The Morgan fingerprint density at radius 1 is 1.42 bits per heavy atom. The molecule has 0 bridgehead atoms. The number of sulfonamides is 1. The summed E-state index contributed by atoms with van der Waals surface area (Å²) in [5.41, 5.74) is 0. The van der Waals surface area contributed by atoms with Crippen molar-refractivity contribution in [1.29, 1.82) is 0 Å². The summed E-state index contributed by atoms with van der Waals surface area (Å²) in [5, 5.41) is 13.8. The van der Waals surface area contributed by atoms with Gasteiger partial charge in [0.15, 0.2) is 5.03 Å². The van der Waals surface area contributed by atoms with E-state index in [4.69, 9.17) is 11.6 Å². The summed E-state index contributed by atoms with van der Waals surface area (Å²) < 4.78 is 28.3. The Balaban J connectivity index is 2.21.